The predicted octanol–water partition coefficient (Wildman–Crippen LogP) is 5.34. The third kappa shape index (κ3) is 3.15. The summed E-state index contributed by atoms with van der Waals surface area (Å²) in [5, 5.41) is 2.55. The van der Waals surface area contributed by atoms with Crippen LogP contribution in [0.25, 0.3) is 11.0 Å². The van der Waals surface area contributed by atoms with Crippen molar-refractivity contribution in [3.8, 4) is 0 Å². The van der Waals surface area contributed by atoms with Gasteiger partial charge in [-0.2, -0.15) is 26.3 Å². The predicted molar refractivity (Wildman–Crippen MR) is 75.8 cm³/mol. The van der Waals surface area contributed by atoms with E-state index in [4.69, 9.17) is 0 Å². The summed E-state index contributed by atoms with van der Waals surface area (Å²) in [6.07, 6.45) is -9.10. The zero-order valence-corrected chi connectivity index (χ0v) is 11.8. The lowest BCUT2D eigenvalue weighted by atomic mass is 10.2. The molecule has 0 saturated carbocycles. The third-order valence-corrected chi connectivity index (χ3v) is 3.27. The molecule has 126 valence electrons. The van der Waals surface area contributed by atoms with Gasteiger partial charge in [-0.25, -0.2) is 4.98 Å². The normalized spacial score (nSPS) is 12.6. The van der Waals surface area contributed by atoms with E-state index in [1.165, 1.54) is 24.3 Å². The number of benzene rings is 2. The number of anilines is 2. The van der Waals surface area contributed by atoms with Crippen LogP contribution < -0.4 is 5.32 Å². The van der Waals surface area contributed by atoms with Crippen LogP contribution in [0, 0.1) is 0 Å². The molecule has 0 aliphatic rings. The van der Waals surface area contributed by atoms with Crippen LogP contribution >= 0.6 is 0 Å². The summed E-state index contributed by atoms with van der Waals surface area (Å²) in [5.74, 6) is -0.0824. The Hall–Kier alpha value is -2.71. The van der Waals surface area contributed by atoms with Gasteiger partial charge in [-0.15, -0.1) is 0 Å². The van der Waals surface area contributed by atoms with E-state index in [1.807, 2.05) is 0 Å². The number of H-pyrrole nitrogens is 1. The summed E-state index contributed by atoms with van der Waals surface area (Å²) in [7, 11) is 0. The summed E-state index contributed by atoms with van der Waals surface area (Å²) in [5.41, 5.74) is -1.93. The molecule has 9 heteroatoms. The van der Waals surface area contributed by atoms with E-state index < -0.39 is 23.5 Å². The fraction of sp³-hybridized carbons (Fsp3) is 0.133. The Kier molecular flexibility index (Phi) is 3.66. The first-order valence-corrected chi connectivity index (χ1v) is 6.65. The molecule has 24 heavy (non-hydrogen) atoms. The van der Waals surface area contributed by atoms with Crippen LogP contribution in [0.3, 0.4) is 0 Å². The van der Waals surface area contributed by atoms with E-state index in [0.717, 1.165) is 18.2 Å². The molecular weight excluding hydrogens is 336 g/mol. The van der Waals surface area contributed by atoms with Crippen LogP contribution in [0.5, 0.6) is 0 Å². The highest BCUT2D eigenvalue weighted by molar-refractivity contribution is 5.82. The Bertz CT molecular complexity index is 879. The maximum atomic E-state index is 12.9. The molecule has 1 heterocycles. The molecule has 0 amide bonds. The second-order valence-electron chi connectivity index (χ2n) is 4.99. The standard InChI is InChI=1S/C15H9F6N3/c16-14(17,18)8-3-1-4-9(7-8)22-13-23-11-6-2-5-10(12(11)24-13)15(19,20)21/h1-7H,(H2,22,23,24). The zero-order valence-electron chi connectivity index (χ0n) is 11.8. The summed E-state index contributed by atoms with van der Waals surface area (Å²) in [6, 6.07) is 7.79. The van der Waals surface area contributed by atoms with Crippen molar-refractivity contribution in [3.05, 3.63) is 53.6 Å². The molecule has 0 radical (unpaired) electrons. The van der Waals surface area contributed by atoms with Crippen LogP contribution in [0.15, 0.2) is 42.5 Å². The molecule has 2 N–H and O–H groups in total. The van der Waals surface area contributed by atoms with E-state index in [9.17, 15) is 26.3 Å². The average Bonchev–Trinajstić information content (AvgIpc) is 2.87. The first-order chi connectivity index (χ1) is 11.1. The van der Waals surface area contributed by atoms with Gasteiger partial charge in [0.2, 0.25) is 5.95 Å². The minimum atomic E-state index is -4.58. The van der Waals surface area contributed by atoms with E-state index in [2.05, 4.69) is 15.3 Å². The molecule has 0 atom stereocenters. The first-order valence-electron chi connectivity index (χ1n) is 6.65. The fourth-order valence-electron chi connectivity index (χ4n) is 2.23. The maximum absolute atomic E-state index is 12.9. The Balaban J connectivity index is 1.97. The molecule has 0 aliphatic carbocycles. The number of fused-ring (bicyclic) bond motifs is 1. The van der Waals surface area contributed by atoms with Crippen molar-refractivity contribution < 1.29 is 26.3 Å². The van der Waals surface area contributed by atoms with E-state index in [-0.39, 0.29) is 22.7 Å². The molecule has 0 fully saturated rings. The zero-order chi connectivity index (χ0) is 17.5. The largest absolute Gasteiger partial charge is 0.418 e. The van der Waals surface area contributed by atoms with Crippen molar-refractivity contribution in [2.24, 2.45) is 0 Å². The molecule has 0 aliphatic heterocycles. The van der Waals surface area contributed by atoms with E-state index in [0.29, 0.717) is 0 Å². The van der Waals surface area contributed by atoms with Crippen molar-refractivity contribution in [1.29, 1.82) is 0 Å². The molecular formula is C15H9F6N3. The molecule has 0 spiro atoms. The van der Waals surface area contributed by atoms with Crippen LogP contribution in [0.4, 0.5) is 38.0 Å². The summed E-state index contributed by atoms with van der Waals surface area (Å²) < 4.78 is 76.9. The lowest BCUT2D eigenvalue weighted by Gasteiger charge is -2.09. The van der Waals surface area contributed by atoms with Gasteiger partial charge in [0.25, 0.3) is 0 Å². The van der Waals surface area contributed by atoms with E-state index >= 15 is 0 Å². The number of alkyl halides is 6. The smallest absolute Gasteiger partial charge is 0.326 e. The number of imidazole rings is 1. The first kappa shape index (κ1) is 16.2. The van der Waals surface area contributed by atoms with Crippen LogP contribution in [-0.4, -0.2) is 9.97 Å². The molecule has 3 rings (SSSR count). The van der Waals surface area contributed by atoms with Crippen molar-refractivity contribution in [3.63, 3.8) is 0 Å². The monoisotopic (exact) mass is 345 g/mol. The van der Waals surface area contributed by atoms with Gasteiger partial charge < -0.3 is 10.3 Å². The Labute approximate surface area is 131 Å². The number of hydrogen-bond donors (Lipinski definition) is 2. The number of nitrogens with zero attached hydrogens (tertiary/aromatic N) is 1. The lowest BCUT2D eigenvalue weighted by molar-refractivity contribution is -0.138. The van der Waals surface area contributed by atoms with Crippen molar-refractivity contribution >= 4 is 22.7 Å². The molecule has 2 aromatic carbocycles. The topological polar surface area (TPSA) is 40.7 Å². The molecule has 1 aromatic heterocycles. The molecule has 0 bridgehead atoms. The number of nitrogens with one attached hydrogen (secondary N) is 2. The summed E-state index contributed by atoms with van der Waals surface area (Å²) in [6.45, 7) is 0. The highest BCUT2D eigenvalue weighted by atomic mass is 19.4. The summed E-state index contributed by atoms with van der Waals surface area (Å²) >= 11 is 0. The fourth-order valence-corrected chi connectivity index (χ4v) is 2.23. The Morgan fingerprint density at radius 2 is 1.58 bits per heavy atom. The van der Waals surface area contributed by atoms with Crippen LogP contribution in [0.1, 0.15) is 11.1 Å². The number of para-hydroxylation sites is 1. The highest BCUT2D eigenvalue weighted by Gasteiger charge is 2.34. The van der Waals surface area contributed by atoms with Gasteiger partial charge in [-0.3, -0.25) is 0 Å². The van der Waals surface area contributed by atoms with E-state index in [1.54, 1.807) is 0 Å². The van der Waals surface area contributed by atoms with Crippen molar-refractivity contribution in [2.75, 3.05) is 5.32 Å². The minimum absolute atomic E-state index is 0.0532. The second-order valence-corrected chi connectivity index (χ2v) is 4.99. The summed E-state index contributed by atoms with van der Waals surface area (Å²) in [4.78, 5) is 6.41. The van der Waals surface area contributed by atoms with Crippen LogP contribution in [-0.2, 0) is 12.4 Å². The second kappa shape index (κ2) is 5.43. The average molecular weight is 345 g/mol. The minimum Gasteiger partial charge on any atom is -0.326 e. The van der Waals surface area contributed by atoms with Gasteiger partial charge in [0, 0.05) is 5.69 Å². The number of aromatic nitrogens is 2. The number of hydrogen-bond acceptors (Lipinski definition) is 2. The SMILES string of the molecule is FC(F)(F)c1cccc(Nc2nc3c(C(F)(F)F)cccc3[nH]2)c1. The van der Waals surface area contributed by atoms with Gasteiger partial charge in [0.05, 0.1) is 16.6 Å². The quantitative estimate of drug-likeness (QED) is 0.615. The maximum Gasteiger partial charge on any atom is 0.418 e. The van der Waals surface area contributed by atoms with Gasteiger partial charge in [0.1, 0.15) is 5.52 Å². The Morgan fingerprint density at radius 3 is 2.25 bits per heavy atom. The number of halogens is 6. The number of rotatable bonds is 2. The molecule has 3 nitrogen and oxygen atoms in total. The van der Waals surface area contributed by atoms with Gasteiger partial charge in [0.15, 0.2) is 0 Å². The molecule has 0 saturated heterocycles. The Morgan fingerprint density at radius 1 is 0.875 bits per heavy atom. The van der Waals surface area contributed by atoms with Crippen LogP contribution in [0.2, 0.25) is 0 Å². The lowest BCUT2D eigenvalue weighted by Crippen LogP contribution is -2.05. The van der Waals surface area contributed by atoms with Crippen molar-refractivity contribution in [2.45, 2.75) is 12.4 Å². The molecule has 0 unspecified atom stereocenters. The molecule has 3 aromatic rings. The van der Waals surface area contributed by atoms with Gasteiger partial charge >= 0.3 is 12.4 Å². The van der Waals surface area contributed by atoms with Gasteiger partial charge in [-0.05, 0) is 30.3 Å². The van der Waals surface area contributed by atoms with Gasteiger partial charge in [-0.1, -0.05) is 12.1 Å². The highest BCUT2D eigenvalue weighted by Crippen LogP contribution is 2.35. The number of aromatic amines is 1. The van der Waals surface area contributed by atoms with Crippen molar-refractivity contribution in [1.82, 2.24) is 9.97 Å². The third-order valence-electron chi connectivity index (χ3n) is 3.27.